The molecule has 2 atom stereocenters. The number of carbonyl (C=O) groups is 4. The van der Waals surface area contributed by atoms with Crippen LogP contribution in [0.15, 0.2) is 243 Å². The predicted octanol–water partition coefficient (Wildman–Crippen LogP) is 15.1. The van der Waals surface area contributed by atoms with Crippen LogP contribution >= 0.6 is 0 Å². The van der Waals surface area contributed by atoms with Gasteiger partial charge in [-0.1, -0.05) is 152 Å². The van der Waals surface area contributed by atoms with Crippen molar-refractivity contribution in [3.05, 3.63) is 270 Å². The molecule has 1 aliphatic heterocycles. The lowest BCUT2D eigenvalue weighted by atomic mass is 9.92. The Hall–Kier alpha value is -10.7. The Balaban J connectivity index is 0.000000217. The van der Waals surface area contributed by atoms with Gasteiger partial charge >= 0.3 is 18.0 Å². The van der Waals surface area contributed by atoms with E-state index in [1.165, 1.54) is 0 Å². The minimum atomic E-state index is -1.43. The highest BCUT2D eigenvalue weighted by molar-refractivity contribution is 5.90. The van der Waals surface area contributed by atoms with E-state index in [1.54, 1.807) is 66.1 Å². The molecule has 0 saturated carbocycles. The third kappa shape index (κ3) is 20.1. The van der Waals surface area contributed by atoms with Gasteiger partial charge in [-0.2, -0.15) is 0 Å². The molecule has 0 fully saturated rings. The monoisotopic (exact) mass is 1220 g/mol. The second kappa shape index (κ2) is 32.5. The Morgan fingerprint density at radius 2 is 0.835 bits per heavy atom. The first-order chi connectivity index (χ1) is 44.2. The lowest BCUT2D eigenvalue weighted by molar-refractivity contribution is -0.153. The Labute approximate surface area is 531 Å². The molecular weight excluding hydrogens is 1150 g/mol. The number of aliphatic carboxylic acids is 1. The smallest absolute Gasteiger partial charge is 0.348 e. The van der Waals surface area contributed by atoms with Crippen LogP contribution in [0.3, 0.4) is 0 Å². The molecule has 3 N–H and O–H groups in total. The third-order valence-corrected chi connectivity index (χ3v) is 15.0. The average Bonchev–Trinajstić information content (AvgIpc) is 2.94. The van der Waals surface area contributed by atoms with Gasteiger partial charge in [0.15, 0.2) is 22.9 Å². The Morgan fingerprint density at radius 3 is 1.31 bits per heavy atom. The van der Waals surface area contributed by atoms with Crippen LogP contribution in [0.4, 0.5) is 21.0 Å². The van der Waals surface area contributed by atoms with Gasteiger partial charge in [0, 0.05) is 56.5 Å². The van der Waals surface area contributed by atoms with Gasteiger partial charge in [0.1, 0.15) is 35.4 Å². The maximum absolute atomic E-state index is 13.4. The average molecular weight is 1230 g/mol. The highest BCUT2D eigenvalue weighted by Gasteiger charge is 2.36. The number of hydrogen-bond donors (Lipinski definition) is 3. The molecule has 91 heavy (non-hydrogen) atoms. The number of nitrogens with one attached hydrogen (secondary N) is 2. The van der Waals surface area contributed by atoms with Crippen molar-refractivity contribution in [3.63, 3.8) is 0 Å². The summed E-state index contributed by atoms with van der Waals surface area (Å²) in [6, 6.07) is 75.3. The van der Waals surface area contributed by atoms with Gasteiger partial charge in [0.25, 0.3) is 0 Å². The Kier molecular flexibility index (Phi) is 23.1. The van der Waals surface area contributed by atoms with Crippen molar-refractivity contribution in [1.82, 2.24) is 9.80 Å². The van der Waals surface area contributed by atoms with E-state index in [4.69, 9.17) is 33.2 Å². The minimum absolute atomic E-state index is 0.0423. The molecule has 4 amide bonds. The van der Waals surface area contributed by atoms with Crippen LogP contribution in [-0.4, -0.2) is 83.0 Å². The Bertz CT molecular complexity index is 3720. The first-order valence-corrected chi connectivity index (χ1v) is 30.3. The van der Waals surface area contributed by atoms with E-state index in [0.717, 1.165) is 39.3 Å². The molecule has 0 unspecified atom stereocenters. The van der Waals surface area contributed by atoms with Gasteiger partial charge in [-0.3, -0.25) is 4.79 Å². The van der Waals surface area contributed by atoms with Crippen LogP contribution in [0, 0.1) is 0 Å². The van der Waals surface area contributed by atoms with Crippen molar-refractivity contribution >= 4 is 35.2 Å². The molecule has 16 nitrogen and oxygen atoms in total. The summed E-state index contributed by atoms with van der Waals surface area (Å²) in [7, 11) is 0. The summed E-state index contributed by atoms with van der Waals surface area (Å²) in [6.45, 7) is 8.31. The number of hydrogen-bond acceptors (Lipinski definition) is 11. The zero-order chi connectivity index (χ0) is 63.7. The number of urea groups is 2. The number of benzene rings is 9. The number of Topliss-reactive ketones (excluding diaryl/α,β-unsaturated/α-hetero) is 1. The second-order valence-corrected chi connectivity index (χ2v) is 22.2. The fraction of sp³-hybridized carbons (Fsp3) is 0.227. The first kappa shape index (κ1) is 64.7. The van der Waals surface area contributed by atoms with Gasteiger partial charge in [-0.05, 0) is 146 Å². The van der Waals surface area contributed by atoms with E-state index in [1.807, 2.05) is 207 Å². The molecule has 1 heterocycles. The number of rotatable bonds is 29. The molecule has 468 valence electrons. The Morgan fingerprint density at radius 1 is 0.440 bits per heavy atom. The minimum Gasteiger partial charge on any atom is -0.494 e. The predicted molar refractivity (Wildman–Crippen MR) is 351 cm³/mol. The number of para-hydroxylation sites is 2. The number of carboxylic acid groups (broad SMARTS) is 1. The summed E-state index contributed by atoms with van der Waals surface area (Å²) in [5, 5.41) is 15.9. The molecule has 0 saturated heterocycles. The molecule has 9 aromatic carbocycles. The van der Waals surface area contributed by atoms with Gasteiger partial charge in [-0.25, -0.2) is 14.4 Å². The van der Waals surface area contributed by atoms with E-state index in [-0.39, 0.29) is 31.1 Å². The maximum Gasteiger partial charge on any atom is 0.348 e. The lowest BCUT2D eigenvalue weighted by Crippen LogP contribution is -2.43. The van der Waals surface area contributed by atoms with Crippen LogP contribution in [-0.2, 0) is 42.1 Å². The van der Waals surface area contributed by atoms with Crippen LogP contribution in [0.25, 0.3) is 0 Å². The molecule has 1 aliphatic rings. The summed E-state index contributed by atoms with van der Waals surface area (Å²) >= 11 is 0. The van der Waals surface area contributed by atoms with Crippen molar-refractivity contribution in [2.75, 3.05) is 43.7 Å². The van der Waals surface area contributed by atoms with Gasteiger partial charge in [-0.15, -0.1) is 0 Å². The highest BCUT2D eigenvalue weighted by atomic mass is 16.7. The standard InChI is InChI=1S/C40H40N2O6.C35H36N2O6/c1-40(38(43)44,48-37-16-9-4-10-17-37)28-31-18-22-35(23-19-31)46-27-11-26-42(29-32-12-5-2-6-13-32)39(45)41-34-20-24-36(25-21-34)47-30-33-14-7-3-8-15-33;1-26(38)35(2,43-31-12-7-4-8-13-31)23-27-14-17-30(18-15-27)40-21-9-20-37(24-28-10-5-3-6-11-28)34(39)36-29-16-19-32-33(22-29)42-25-41-32/h2-10,12-25H,11,26-30H2,1H3,(H,41,45)(H,43,44);3-8,10-19,22H,9,20-21,23-25H2,1-2H3,(H,36,39)/t40-;35-/m00/s1. The van der Waals surface area contributed by atoms with E-state index in [2.05, 4.69) is 10.6 Å². The second-order valence-electron chi connectivity index (χ2n) is 22.2. The third-order valence-electron chi connectivity index (χ3n) is 15.0. The summed E-state index contributed by atoms with van der Waals surface area (Å²) in [5.41, 5.74) is 3.83. The zero-order valence-corrected chi connectivity index (χ0v) is 51.4. The fourth-order valence-corrected chi connectivity index (χ4v) is 9.83. The van der Waals surface area contributed by atoms with Crippen molar-refractivity contribution in [3.8, 4) is 40.2 Å². The highest BCUT2D eigenvalue weighted by Crippen LogP contribution is 2.35. The number of anilines is 2. The number of ketones is 1. The number of nitrogens with zero attached hydrogens (tertiary/aromatic N) is 2. The number of fused-ring (bicyclic) bond motifs is 1. The fourth-order valence-electron chi connectivity index (χ4n) is 9.83. The van der Waals surface area contributed by atoms with Gasteiger partial charge < -0.3 is 58.7 Å². The molecular formula is C75H76N4O12. The van der Waals surface area contributed by atoms with E-state index in [0.29, 0.717) is 105 Å². The normalized spacial score (nSPS) is 12.5. The van der Waals surface area contributed by atoms with Crippen LogP contribution in [0.1, 0.15) is 61.4 Å². The van der Waals surface area contributed by atoms with Crippen LogP contribution in [0.5, 0.6) is 40.2 Å². The van der Waals surface area contributed by atoms with Gasteiger partial charge in [0.2, 0.25) is 12.4 Å². The molecule has 0 aliphatic carbocycles. The number of carboxylic acids is 1. The number of carbonyl (C=O) groups excluding carboxylic acids is 3. The lowest BCUT2D eigenvalue weighted by Gasteiger charge is -2.28. The summed E-state index contributed by atoms with van der Waals surface area (Å²) in [4.78, 5) is 54.8. The van der Waals surface area contributed by atoms with Crippen LogP contribution < -0.4 is 43.8 Å². The molecule has 10 rings (SSSR count). The molecule has 0 aromatic heterocycles. The van der Waals surface area contributed by atoms with E-state index < -0.39 is 17.2 Å². The van der Waals surface area contributed by atoms with Crippen molar-refractivity contribution in [2.24, 2.45) is 0 Å². The SMILES string of the molecule is CC(=O)[C@](C)(Cc1ccc(OCCCN(Cc2ccccc2)C(=O)Nc2ccc3c(c2)OCO3)cc1)Oc1ccccc1.C[C@@](Cc1ccc(OCCCN(Cc2ccccc2)C(=O)Nc2ccc(OCc3ccccc3)cc2)cc1)(Oc1ccccc1)C(=O)O. The van der Waals surface area contributed by atoms with Crippen molar-refractivity contribution in [2.45, 2.75) is 77.4 Å². The number of ether oxygens (including phenoxy) is 7. The molecule has 0 radical (unpaired) electrons. The molecule has 0 bridgehead atoms. The molecule has 0 spiro atoms. The van der Waals surface area contributed by atoms with E-state index in [9.17, 15) is 24.3 Å². The first-order valence-electron chi connectivity index (χ1n) is 30.3. The molecule has 16 heteroatoms. The maximum atomic E-state index is 13.4. The summed E-state index contributed by atoms with van der Waals surface area (Å²) in [5.74, 6) is 3.45. The van der Waals surface area contributed by atoms with Crippen LogP contribution in [0.2, 0.25) is 0 Å². The van der Waals surface area contributed by atoms with E-state index >= 15 is 0 Å². The summed E-state index contributed by atoms with van der Waals surface area (Å²) < 4.78 is 40.6. The van der Waals surface area contributed by atoms with Crippen molar-refractivity contribution in [1.29, 1.82) is 0 Å². The molecule has 9 aromatic rings. The quantitative estimate of drug-likeness (QED) is 0.0378. The van der Waals surface area contributed by atoms with Crippen molar-refractivity contribution < 1.29 is 57.4 Å². The topological polar surface area (TPSA) is 184 Å². The number of amides is 4. The summed E-state index contributed by atoms with van der Waals surface area (Å²) in [6.07, 6.45) is 1.86. The zero-order valence-electron chi connectivity index (χ0n) is 51.4. The van der Waals surface area contributed by atoms with Gasteiger partial charge in [0.05, 0.1) is 13.2 Å². The largest absolute Gasteiger partial charge is 0.494 e.